The van der Waals surface area contributed by atoms with Gasteiger partial charge in [0, 0.05) is 19.0 Å². The molecule has 1 N–H and O–H groups in total. The summed E-state index contributed by atoms with van der Waals surface area (Å²) < 4.78 is 0. The van der Waals surface area contributed by atoms with E-state index in [1.807, 2.05) is 4.90 Å². The third kappa shape index (κ3) is 2.34. The molecule has 1 aliphatic heterocycles. The minimum absolute atomic E-state index is 0.0299. The van der Waals surface area contributed by atoms with Crippen molar-refractivity contribution in [3.63, 3.8) is 0 Å². The summed E-state index contributed by atoms with van der Waals surface area (Å²) in [4.78, 5) is 14.0. The Morgan fingerprint density at radius 3 is 2.90 bits per heavy atom. The van der Waals surface area contributed by atoms with E-state index in [9.17, 15) is 4.79 Å². The van der Waals surface area contributed by atoms with Crippen LogP contribution in [-0.2, 0) is 4.79 Å². The smallest absolute Gasteiger partial charge is 0.225 e. The van der Waals surface area contributed by atoms with Crippen LogP contribution in [-0.4, -0.2) is 29.4 Å². The van der Waals surface area contributed by atoms with Crippen LogP contribution in [0.25, 0.3) is 0 Å². The van der Waals surface area contributed by atoms with Crippen LogP contribution in [0.4, 0.5) is 5.69 Å². The van der Waals surface area contributed by atoms with Crippen molar-refractivity contribution in [1.29, 1.82) is 5.26 Å². The predicted molar refractivity (Wildman–Crippen MR) is 77.5 cm³/mol. The van der Waals surface area contributed by atoms with Crippen LogP contribution in [0.2, 0.25) is 5.02 Å². The molecule has 5 heteroatoms. The molecule has 104 valence electrons. The summed E-state index contributed by atoms with van der Waals surface area (Å²) in [5.41, 5.74) is 1.16. The molecule has 0 aromatic heterocycles. The first-order valence-corrected chi connectivity index (χ1v) is 7.22. The molecule has 1 aliphatic carbocycles. The Bertz CT molecular complexity index is 595. The third-order valence-electron chi connectivity index (χ3n) is 4.11. The Morgan fingerprint density at radius 1 is 1.50 bits per heavy atom. The first-order chi connectivity index (χ1) is 9.60. The van der Waals surface area contributed by atoms with Crippen LogP contribution in [0, 0.1) is 17.2 Å². The number of amides is 1. The van der Waals surface area contributed by atoms with Crippen molar-refractivity contribution in [2.24, 2.45) is 5.92 Å². The maximum absolute atomic E-state index is 12.0. The number of carbonyl (C=O) groups excluding carboxylic acids is 1. The molecule has 3 rings (SSSR count). The van der Waals surface area contributed by atoms with Gasteiger partial charge in [0.25, 0.3) is 0 Å². The van der Waals surface area contributed by atoms with Gasteiger partial charge in [-0.15, -0.1) is 0 Å². The number of benzene rings is 1. The summed E-state index contributed by atoms with van der Waals surface area (Å²) >= 11 is 6.15. The lowest BCUT2D eigenvalue weighted by Gasteiger charge is -2.18. The summed E-state index contributed by atoms with van der Waals surface area (Å²) in [5.74, 6) is 0.815. The second-order valence-electron chi connectivity index (χ2n) is 5.65. The molecule has 4 nitrogen and oxygen atoms in total. The highest BCUT2D eigenvalue weighted by molar-refractivity contribution is 6.33. The van der Waals surface area contributed by atoms with Crippen LogP contribution < -0.4 is 5.32 Å². The minimum atomic E-state index is 0.0299. The summed E-state index contributed by atoms with van der Waals surface area (Å²) in [6.45, 7) is 2.87. The molecule has 3 atom stereocenters. The first-order valence-electron chi connectivity index (χ1n) is 6.84. The molecule has 1 heterocycles. The van der Waals surface area contributed by atoms with Gasteiger partial charge in [-0.2, -0.15) is 5.26 Å². The standard InChI is InChI=1S/C15H16ClN3O/c1-9-5-13(9)19-8-11(6-14(19)20)18-15-10(7-17)3-2-4-12(15)16/h2-4,9,11,13,18H,5-6,8H2,1H3. The van der Waals surface area contributed by atoms with Crippen molar-refractivity contribution < 1.29 is 4.79 Å². The van der Waals surface area contributed by atoms with Crippen molar-refractivity contribution in [2.45, 2.75) is 31.8 Å². The van der Waals surface area contributed by atoms with E-state index in [2.05, 4.69) is 18.3 Å². The highest BCUT2D eigenvalue weighted by Crippen LogP contribution is 2.38. The number of carbonyl (C=O) groups is 1. The zero-order valence-electron chi connectivity index (χ0n) is 11.3. The van der Waals surface area contributed by atoms with Gasteiger partial charge in [0.2, 0.25) is 5.91 Å². The van der Waals surface area contributed by atoms with E-state index >= 15 is 0 Å². The van der Waals surface area contributed by atoms with Gasteiger partial charge >= 0.3 is 0 Å². The zero-order valence-corrected chi connectivity index (χ0v) is 12.0. The van der Waals surface area contributed by atoms with Crippen molar-refractivity contribution in [3.05, 3.63) is 28.8 Å². The quantitative estimate of drug-likeness (QED) is 0.930. The van der Waals surface area contributed by atoms with Gasteiger partial charge < -0.3 is 10.2 Å². The van der Waals surface area contributed by atoms with Crippen LogP contribution in [0.15, 0.2) is 18.2 Å². The summed E-state index contributed by atoms with van der Waals surface area (Å²) in [5, 5.41) is 12.9. The molecule has 0 spiro atoms. The van der Waals surface area contributed by atoms with Crippen LogP contribution in [0.5, 0.6) is 0 Å². The minimum Gasteiger partial charge on any atom is -0.378 e. The molecule has 20 heavy (non-hydrogen) atoms. The van der Waals surface area contributed by atoms with E-state index in [-0.39, 0.29) is 11.9 Å². The number of nitrogens with one attached hydrogen (secondary N) is 1. The lowest BCUT2D eigenvalue weighted by molar-refractivity contribution is -0.128. The van der Waals surface area contributed by atoms with Gasteiger partial charge in [-0.25, -0.2) is 0 Å². The van der Waals surface area contributed by atoms with E-state index in [4.69, 9.17) is 16.9 Å². The van der Waals surface area contributed by atoms with E-state index < -0.39 is 0 Å². The number of halogens is 1. The van der Waals surface area contributed by atoms with E-state index in [1.54, 1.807) is 18.2 Å². The lowest BCUT2D eigenvalue weighted by atomic mass is 10.1. The second kappa shape index (κ2) is 4.99. The molecular formula is C15H16ClN3O. The molecule has 1 aromatic rings. The highest BCUT2D eigenvalue weighted by atomic mass is 35.5. The van der Waals surface area contributed by atoms with E-state index in [1.165, 1.54) is 0 Å². The fourth-order valence-electron chi connectivity index (χ4n) is 2.85. The fraction of sp³-hybridized carbons (Fsp3) is 0.467. The van der Waals surface area contributed by atoms with Gasteiger partial charge in [0.1, 0.15) is 6.07 Å². The van der Waals surface area contributed by atoms with Crippen LogP contribution >= 0.6 is 11.6 Å². The van der Waals surface area contributed by atoms with Gasteiger partial charge in [-0.05, 0) is 24.5 Å². The normalized spacial score (nSPS) is 28.4. The number of para-hydroxylation sites is 1. The number of rotatable bonds is 3. The van der Waals surface area contributed by atoms with Crippen molar-refractivity contribution in [3.8, 4) is 6.07 Å². The third-order valence-corrected chi connectivity index (χ3v) is 4.42. The van der Waals surface area contributed by atoms with Gasteiger partial charge in [0.05, 0.1) is 22.3 Å². The molecule has 0 radical (unpaired) electrons. The average molecular weight is 290 g/mol. The topological polar surface area (TPSA) is 56.1 Å². The summed E-state index contributed by atoms with van der Waals surface area (Å²) in [7, 11) is 0. The number of hydrogen-bond donors (Lipinski definition) is 1. The molecular weight excluding hydrogens is 274 g/mol. The fourth-order valence-corrected chi connectivity index (χ4v) is 3.08. The number of anilines is 1. The highest BCUT2D eigenvalue weighted by Gasteiger charge is 2.44. The second-order valence-corrected chi connectivity index (χ2v) is 6.05. The number of hydrogen-bond acceptors (Lipinski definition) is 3. The zero-order chi connectivity index (χ0) is 14.3. The SMILES string of the molecule is CC1CC1N1CC(Nc2c(Cl)cccc2C#N)CC1=O. The summed E-state index contributed by atoms with van der Waals surface area (Å²) in [6, 6.07) is 7.81. The molecule has 1 saturated heterocycles. The average Bonchev–Trinajstić information content (AvgIpc) is 3.02. The van der Waals surface area contributed by atoms with Crippen LogP contribution in [0.1, 0.15) is 25.3 Å². The van der Waals surface area contributed by atoms with Crippen molar-refractivity contribution in [2.75, 3.05) is 11.9 Å². The number of nitriles is 1. The molecule has 1 aromatic carbocycles. The number of likely N-dealkylation sites (tertiary alicyclic amines) is 1. The van der Waals surface area contributed by atoms with E-state index in [0.717, 1.165) is 6.42 Å². The maximum Gasteiger partial charge on any atom is 0.225 e. The van der Waals surface area contributed by atoms with Gasteiger partial charge in [-0.3, -0.25) is 4.79 Å². The Balaban J connectivity index is 1.74. The molecule has 2 fully saturated rings. The van der Waals surface area contributed by atoms with Crippen molar-refractivity contribution >= 4 is 23.2 Å². The molecule has 0 bridgehead atoms. The molecule has 1 amide bonds. The van der Waals surface area contributed by atoms with Crippen molar-refractivity contribution in [1.82, 2.24) is 4.90 Å². The molecule has 1 saturated carbocycles. The van der Waals surface area contributed by atoms with Crippen LogP contribution in [0.3, 0.4) is 0 Å². The number of nitrogens with zero attached hydrogens (tertiary/aromatic N) is 2. The maximum atomic E-state index is 12.0. The predicted octanol–water partition coefficient (Wildman–Crippen LogP) is 2.63. The monoisotopic (exact) mass is 289 g/mol. The molecule has 2 aliphatic rings. The Kier molecular flexibility index (Phi) is 3.31. The lowest BCUT2D eigenvalue weighted by Crippen LogP contribution is -2.30. The Labute approximate surface area is 123 Å². The summed E-state index contributed by atoms with van der Waals surface area (Å²) in [6.07, 6.45) is 1.58. The molecule has 3 unspecified atom stereocenters. The largest absolute Gasteiger partial charge is 0.378 e. The van der Waals surface area contributed by atoms with Gasteiger partial charge in [-0.1, -0.05) is 24.6 Å². The van der Waals surface area contributed by atoms with Gasteiger partial charge in [0.15, 0.2) is 0 Å². The van der Waals surface area contributed by atoms with E-state index in [0.29, 0.717) is 41.2 Å². The Morgan fingerprint density at radius 2 is 2.25 bits per heavy atom. The first kappa shape index (κ1) is 13.3. The Hall–Kier alpha value is -1.73.